The Morgan fingerprint density at radius 3 is 2.65 bits per heavy atom. The van der Waals surface area contributed by atoms with Crippen molar-refractivity contribution in [2.45, 2.75) is 0 Å². The monoisotopic (exact) mass is 264 g/mol. The van der Waals surface area contributed by atoms with E-state index in [9.17, 15) is 9.90 Å². The summed E-state index contributed by atoms with van der Waals surface area (Å²) in [6.07, 6.45) is 1.68. The highest BCUT2D eigenvalue weighted by Gasteiger charge is 2.12. The molecule has 0 aliphatic carbocycles. The average molecular weight is 264 g/mol. The Kier molecular flexibility index (Phi) is 3.05. The third kappa shape index (κ3) is 2.19. The molecule has 0 saturated heterocycles. The number of hydrogen-bond acceptors (Lipinski definition) is 3. The Bertz CT molecular complexity index is 779. The maximum Gasteiger partial charge on any atom is 0.259 e. The van der Waals surface area contributed by atoms with E-state index in [0.29, 0.717) is 5.69 Å². The molecule has 0 aliphatic rings. The summed E-state index contributed by atoms with van der Waals surface area (Å²) in [6.45, 7) is 0. The van der Waals surface area contributed by atoms with Crippen LogP contribution >= 0.6 is 0 Å². The maximum absolute atomic E-state index is 12.2. The molecule has 1 amide bonds. The number of nitrogens with one attached hydrogen (secondary N) is 1. The second-order valence-electron chi connectivity index (χ2n) is 4.35. The van der Waals surface area contributed by atoms with E-state index in [-0.39, 0.29) is 17.2 Å². The number of aromatic hydroxyl groups is 1. The van der Waals surface area contributed by atoms with Crippen molar-refractivity contribution in [2.24, 2.45) is 0 Å². The quantitative estimate of drug-likeness (QED) is 0.747. The van der Waals surface area contributed by atoms with Gasteiger partial charge in [0.15, 0.2) is 0 Å². The minimum Gasteiger partial charge on any atom is -0.507 e. The van der Waals surface area contributed by atoms with Crippen LogP contribution in [-0.4, -0.2) is 16.0 Å². The van der Waals surface area contributed by atoms with E-state index in [2.05, 4.69) is 10.3 Å². The number of para-hydroxylation sites is 2. The van der Waals surface area contributed by atoms with Gasteiger partial charge in [0.05, 0.1) is 16.8 Å². The summed E-state index contributed by atoms with van der Waals surface area (Å²) < 4.78 is 0. The van der Waals surface area contributed by atoms with Gasteiger partial charge < -0.3 is 10.4 Å². The molecular weight excluding hydrogens is 252 g/mol. The summed E-state index contributed by atoms with van der Waals surface area (Å²) >= 11 is 0. The first-order valence-corrected chi connectivity index (χ1v) is 6.19. The molecule has 20 heavy (non-hydrogen) atoms. The number of anilines is 1. The molecular formula is C16H12N2O2. The van der Waals surface area contributed by atoms with Gasteiger partial charge in [0.2, 0.25) is 0 Å². The molecule has 0 spiro atoms. The molecule has 3 rings (SSSR count). The zero-order valence-corrected chi connectivity index (χ0v) is 10.6. The summed E-state index contributed by atoms with van der Waals surface area (Å²) in [5.74, 6) is -0.403. The van der Waals surface area contributed by atoms with E-state index in [1.807, 2.05) is 24.3 Å². The number of carbonyl (C=O) groups is 1. The zero-order chi connectivity index (χ0) is 13.9. The van der Waals surface area contributed by atoms with Gasteiger partial charge in [-0.15, -0.1) is 0 Å². The molecule has 0 radical (unpaired) electrons. The van der Waals surface area contributed by atoms with Gasteiger partial charge in [0.25, 0.3) is 5.91 Å². The second kappa shape index (κ2) is 5.01. The molecule has 98 valence electrons. The normalized spacial score (nSPS) is 10.4. The van der Waals surface area contributed by atoms with Crippen molar-refractivity contribution < 1.29 is 9.90 Å². The Morgan fingerprint density at radius 1 is 1.00 bits per heavy atom. The molecule has 0 unspecified atom stereocenters. The van der Waals surface area contributed by atoms with Gasteiger partial charge in [-0.25, -0.2) is 0 Å². The Balaban J connectivity index is 1.98. The van der Waals surface area contributed by atoms with Crippen molar-refractivity contribution in [1.29, 1.82) is 0 Å². The lowest BCUT2D eigenvalue weighted by molar-refractivity contribution is 0.102. The van der Waals surface area contributed by atoms with Crippen LogP contribution in [-0.2, 0) is 0 Å². The second-order valence-corrected chi connectivity index (χ2v) is 4.35. The van der Waals surface area contributed by atoms with Crippen molar-refractivity contribution in [3.63, 3.8) is 0 Å². The third-order valence-electron chi connectivity index (χ3n) is 3.03. The van der Waals surface area contributed by atoms with Crippen molar-refractivity contribution in [3.05, 3.63) is 66.4 Å². The van der Waals surface area contributed by atoms with E-state index < -0.39 is 0 Å². The van der Waals surface area contributed by atoms with E-state index in [1.54, 1.807) is 30.5 Å². The molecule has 1 heterocycles. The number of fused-ring (bicyclic) bond motifs is 1. The van der Waals surface area contributed by atoms with Crippen LogP contribution in [0.25, 0.3) is 10.9 Å². The number of pyridine rings is 1. The number of hydrogen-bond donors (Lipinski definition) is 2. The summed E-state index contributed by atoms with van der Waals surface area (Å²) in [4.78, 5) is 16.5. The number of benzene rings is 2. The number of phenolic OH excluding ortho intramolecular Hbond substituents is 1. The third-order valence-corrected chi connectivity index (χ3v) is 3.03. The first-order chi connectivity index (χ1) is 9.75. The molecule has 4 nitrogen and oxygen atoms in total. The van der Waals surface area contributed by atoms with Crippen LogP contribution in [0.4, 0.5) is 5.69 Å². The Hall–Kier alpha value is -2.88. The number of phenols is 1. The summed E-state index contributed by atoms with van der Waals surface area (Å²) in [5.41, 5.74) is 1.58. The number of aromatic nitrogens is 1. The number of rotatable bonds is 2. The topological polar surface area (TPSA) is 62.2 Å². The average Bonchev–Trinajstić information content (AvgIpc) is 2.48. The zero-order valence-electron chi connectivity index (χ0n) is 10.6. The summed E-state index contributed by atoms with van der Waals surface area (Å²) in [7, 11) is 0. The fourth-order valence-electron chi connectivity index (χ4n) is 2.06. The van der Waals surface area contributed by atoms with Crippen LogP contribution in [0.15, 0.2) is 60.8 Å². The first kappa shape index (κ1) is 12.2. The van der Waals surface area contributed by atoms with Crippen LogP contribution in [0.2, 0.25) is 0 Å². The van der Waals surface area contributed by atoms with Crippen molar-refractivity contribution in [3.8, 4) is 5.75 Å². The van der Waals surface area contributed by atoms with Gasteiger partial charge in [0.1, 0.15) is 5.75 Å². The molecule has 0 atom stereocenters. The fraction of sp³-hybridized carbons (Fsp3) is 0. The van der Waals surface area contributed by atoms with E-state index in [4.69, 9.17) is 0 Å². The Morgan fingerprint density at radius 2 is 1.80 bits per heavy atom. The number of amides is 1. The maximum atomic E-state index is 12.2. The van der Waals surface area contributed by atoms with E-state index >= 15 is 0 Å². The van der Waals surface area contributed by atoms with E-state index in [1.165, 1.54) is 6.07 Å². The predicted octanol–water partition coefficient (Wildman–Crippen LogP) is 3.19. The summed E-state index contributed by atoms with van der Waals surface area (Å²) in [5, 5.41) is 13.4. The van der Waals surface area contributed by atoms with Crippen molar-refractivity contribution in [2.75, 3.05) is 5.32 Å². The van der Waals surface area contributed by atoms with Crippen LogP contribution in [0.5, 0.6) is 5.75 Å². The lowest BCUT2D eigenvalue weighted by Gasteiger charge is -2.08. The van der Waals surface area contributed by atoms with Crippen LogP contribution < -0.4 is 5.32 Å². The minimum atomic E-state index is -0.360. The molecule has 0 fully saturated rings. The molecule has 4 heteroatoms. The smallest absolute Gasteiger partial charge is 0.259 e. The lowest BCUT2D eigenvalue weighted by Crippen LogP contribution is -2.12. The molecule has 0 bridgehead atoms. The fourth-order valence-corrected chi connectivity index (χ4v) is 2.06. The highest BCUT2D eigenvalue weighted by molar-refractivity contribution is 6.09. The molecule has 2 aromatic carbocycles. The molecule has 3 aromatic rings. The summed E-state index contributed by atoms with van der Waals surface area (Å²) in [6, 6.07) is 15.8. The highest BCUT2D eigenvalue weighted by Crippen LogP contribution is 2.23. The highest BCUT2D eigenvalue weighted by atomic mass is 16.3. The number of nitrogens with zero attached hydrogens (tertiary/aromatic N) is 1. The molecule has 2 N–H and O–H groups in total. The number of carbonyl (C=O) groups excluding carboxylic acids is 1. The lowest BCUT2D eigenvalue weighted by atomic mass is 10.1. The van der Waals surface area contributed by atoms with Gasteiger partial charge >= 0.3 is 0 Å². The molecule has 0 aliphatic heterocycles. The first-order valence-electron chi connectivity index (χ1n) is 6.19. The van der Waals surface area contributed by atoms with Gasteiger partial charge in [-0.3, -0.25) is 9.78 Å². The standard InChI is InChI=1S/C16H12N2O2/c19-14-9-2-1-7-12(14)16(20)18-13-8-3-5-11-6-4-10-17-15(11)13/h1-10,19H,(H,18,20). The van der Waals surface area contributed by atoms with Crippen LogP contribution in [0.3, 0.4) is 0 Å². The minimum absolute atomic E-state index is 0.0433. The molecule has 1 aromatic heterocycles. The van der Waals surface area contributed by atoms with Gasteiger partial charge in [-0.2, -0.15) is 0 Å². The van der Waals surface area contributed by atoms with Crippen LogP contribution in [0, 0.1) is 0 Å². The van der Waals surface area contributed by atoms with E-state index in [0.717, 1.165) is 10.9 Å². The largest absolute Gasteiger partial charge is 0.507 e. The van der Waals surface area contributed by atoms with Gasteiger partial charge in [0, 0.05) is 11.6 Å². The molecule has 0 saturated carbocycles. The van der Waals surface area contributed by atoms with Crippen molar-refractivity contribution >= 4 is 22.5 Å². The SMILES string of the molecule is O=C(Nc1cccc2cccnc12)c1ccccc1O. The van der Waals surface area contributed by atoms with Gasteiger partial charge in [-0.1, -0.05) is 30.3 Å². The Labute approximate surface area is 115 Å². The predicted molar refractivity (Wildman–Crippen MR) is 77.8 cm³/mol. The van der Waals surface area contributed by atoms with Crippen LogP contribution in [0.1, 0.15) is 10.4 Å². The van der Waals surface area contributed by atoms with Crippen molar-refractivity contribution in [1.82, 2.24) is 4.98 Å². The van der Waals surface area contributed by atoms with Gasteiger partial charge in [-0.05, 0) is 24.3 Å².